The van der Waals surface area contributed by atoms with Crippen LogP contribution in [0.3, 0.4) is 0 Å². The van der Waals surface area contributed by atoms with Gasteiger partial charge in [-0.15, -0.1) is 0 Å². The fourth-order valence-electron chi connectivity index (χ4n) is 2.91. The number of halogens is 1. The molecule has 2 aromatic carbocycles. The van der Waals surface area contributed by atoms with Crippen LogP contribution in [0.15, 0.2) is 46.9 Å². The number of thiocarbonyl (C=S) groups is 1. The van der Waals surface area contributed by atoms with Crippen LogP contribution in [0.1, 0.15) is 30.4 Å². The number of nitrogens with zero attached hydrogens (tertiary/aromatic N) is 2. The molecule has 136 valence electrons. The molecule has 0 aliphatic carbocycles. The Morgan fingerprint density at radius 3 is 2.46 bits per heavy atom. The summed E-state index contributed by atoms with van der Waals surface area (Å²) in [5.74, 6) is 0.716. The van der Waals surface area contributed by atoms with Crippen LogP contribution in [0.5, 0.6) is 5.75 Å². The predicted molar refractivity (Wildman–Crippen MR) is 109 cm³/mol. The number of rotatable bonds is 5. The van der Waals surface area contributed by atoms with Gasteiger partial charge in [0.2, 0.25) is 0 Å². The zero-order valence-corrected chi connectivity index (χ0v) is 16.6. The second-order valence-corrected chi connectivity index (χ2v) is 7.45. The van der Waals surface area contributed by atoms with Gasteiger partial charge in [-0.2, -0.15) is 0 Å². The lowest BCUT2D eigenvalue weighted by Crippen LogP contribution is -2.34. The minimum atomic E-state index is -0.412. The van der Waals surface area contributed by atoms with E-state index < -0.39 is 4.92 Å². The molecular formula is C19H19BrN2O3S. The van der Waals surface area contributed by atoms with Gasteiger partial charge >= 0.3 is 0 Å². The molecule has 1 saturated heterocycles. The quantitative estimate of drug-likeness (QED) is 0.372. The minimum absolute atomic E-state index is 0.0745. The van der Waals surface area contributed by atoms with Gasteiger partial charge < -0.3 is 9.64 Å². The van der Waals surface area contributed by atoms with E-state index in [0.29, 0.717) is 12.4 Å². The van der Waals surface area contributed by atoms with E-state index in [2.05, 4.69) is 20.8 Å². The van der Waals surface area contributed by atoms with Gasteiger partial charge in [0, 0.05) is 30.8 Å². The highest BCUT2D eigenvalue weighted by atomic mass is 79.9. The Kier molecular flexibility index (Phi) is 6.21. The highest BCUT2D eigenvalue weighted by Crippen LogP contribution is 2.28. The van der Waals surface area contributed by atoms with Crippen LogP contribution in [0.2, 0.25) is 0 Å². The van der Waals surface area contributed by atoms with Gasteiger partial charge in [0.15, 0.2) is 0 Å². The van der Waals surface area contributed by atoms with Crippen LogP contribution in [0.4, 0.5) is 5.69 Å². The highest BCUT2D eigenvalue weighted by Gasteiger charge is 2.16. The van der Waals surface area contributed by atoms with Crippen molar-refractivity contribution in [3.63, 3.8) is 0 Å². The topological polar surface area (TPSA) is 55.6 Å². The van der Waals surface area contributed by atoms with Gasteiger partial charge in [0.1, 0.15) is 17.3 Å². The SMILES string of the molecule is O=[N+]([O-])c1ccc(COc2ccc(C(=S)N3CCCCC3)cc2Br)cc1. The fraction of sp³-hybridized carbons (Fsp3) is 0.316. The number of benzene rings is 2. The van der Waals surface area contributed by atoms with E-state index in [1.807, 2.05) is 18.2 Å². The second-order valence-electron chi connectivity index (χ2n) is 6.21. The van der Waals surface area contributed by atoms with E-state index in [1.165, 1.54) is 31.4 Å². The minimum Gasteiger partial charge on any atom is -0.488 e. The molecule has 0 amide bonds. The summed E-state index contributed by atoms with van der Waals surface area (Å²) in [7, 11) is 0. The number of nitro groups is 1. The third kappa shape index (κ3) is 4.59. The predicted octanol–water partition coefficient (Wildman–Crippen LogP) is 5.10. The average Bonchev–Trinajstić information content (AvgIpc) is 2.67. The molecule has 3 rings (SSSR count). The van der Waals surface area contributed by atoms with Crippen LogP contribution in [-0.2, 0) is 6.61 Å². The lowest BCUT2D eigenvalue weighted by Gasteiger charge is -2.29. The van der Waals surface area contributed by atoms with Crippen molar-refractivity contribution in [3.8, 4) is 5.75 Å². The van der Waals surface area contributed by atoms with Crippen molar-refractivity contribution in [2.75, 3.05) is 13.1 Å². The third-order valence-corrected chi connectivity index (χ3v) is 5.48. The summed E-state index contributed by atoms with van der Waals surface area (Å²) in [5.41, 5.74) is 1.96. The molecule has 0 N–H and O–H groups in total. The molecule has 5 nitrogen and oxygen atoms in total. The standard InChI is InChI=1S/C19H19BrN2O3S/c20-17-12-15(19(26)21-10-2-1-3-11-21)6-9-18(17)25-13-14-4-7-16(8-5-14)22(23)24/h4-9,12H,1-3,10-11,13H2. The lowest BCUT2D eigenvalue weighted by molar-refractivity contribution is -0.384. The summed E-state index contributed by atoms with van der Waals surface area (Å²) < 4.78 is 6.67. The molecule has 1 heterocycles. The van der Waals surface area contributed by atoms with Gasteiger partial charge in [-0.1, -0.05) is 12.2 Å². The lowest BCUT2D eigenvalue weighted by atomic mass is 10.1. The normalized spacial score (nSPS) is 14.1. The Labute approximate surface area is 166 Å². The molecule has 0 saturated carbocycles. The summed E-state index contributed by atoms with van der Waals surface area (Å²) >= 11 is 9.18. The van der Waals surface area contributed by atoms with Crippen molar-refractivity contribution >= 4 is 38.8 Å². The third-order valence-electron chi connectivity index (χ3n) is 4.36. The zero-order valence-electron chi connectivity index (χ0n) is 14.2. The maximum absolute atomic E-state index is 10.7. The van der Waals surface area contributed by atoms with Crippen molar-refractivity contribution < 1.29 is 9.66 Å². The molecule has 7 heteroatoms. The van der Waals surface area contributed by atoms with Gasteiger partial charge in [-0.25, -0.2) is 0 Å². The molecule has 0 aromatic heterocycles. The maximum atomic E-state index is 10.7. The zero-order chi connectivity index (χ0) is 18.5. The first-order chi connectivity index (χ1) is 12.5. The maximum Gasteiger partial charge on any atom is 0.269 e. The van der Waals surface area contributed by atoms with Crippen molar-refractivity contribution in [2.45, 2.75) is 25.9 Å². The molecule has 1 fully saturated rings. The largest absolute Gasteiger partial charge is 0.488 e. The summed E-state index contributed by atoms with van der Waals surface area (Å²) in [6, 6.07) is 12.2. The second kappa shape index (κ2) is 8.60. The van der Waals surface area contributed by atoms with Gasteiger partial charge in [-0.05, 0) is 71.1 Å². The first-order valence-electron chi connectivity index (χ1n) is 8.49. The van der Waals surface area contributed by atoms with Crippen molar-refractivity contribution in [1.29, 1.82) is 0 Å². The Morgan fingerprint density at radius 2 is 1.85 bits per heavy atom. The van der Waals surface area contributed by atoms with Crippen LogP contribution in [0.25, 0.3) is 0 Å². The first kappa shape index (κ1) is 18.8. The van der Waals surface area contributed by atoms with E-state index in [1.54, 1.807) is 12.1 Å². The molecule has 1 aliphatic rings. The molecule has 0 atom stereocenters. The van der Waals surface area contributed by atoms with Crippen molar-refractivity contribution in [1.82, 2.24) is 4.90 Å². The fourth-order valence-corrected chi connectivity index (χ4v) is 3.71. The number of hydrogen-bond donors (Lipinski definition) is 0. The molecular weight excluding hydrogens is 416 g/mol. The molecule has 26 heavy (non-hydrogen) atoms. The number of nitro benzene ring substituents is 1. The molecule has 0 bridgehead atoms. The summed E-state index contributed by atoms with van der Waals surface area (Å²) in [6.45, 7) is 2.39. The molecule has 1 aliphatic heterocycles. The van der Waals surface area contributed by atoms with Gasteiger partial charge in [-0.3, -0.25) is 10.1 Å². The van der Waals surface area contributed by atoms with Crippen LogP contribution in [-0.4, -0.2) is 27.9 Å². The summed E-state index contributed by atoms with van der Waals surface area (Å²) in [5, 5.41) is 10.7. The van der Waals surface area contributed by atoms with E-state index in [4.69, 9.17) is 17.0 Å². The van der Waals surface area contributed by atoms with Crippen LogP contribution >= 0.6 is 28.1 Å². The van der Waals surface area contributed by atoms with E-state index in [9.17, 15) is 10.1 Å². The van der Waals surface area contributed by atoms with Crippen LogP contribution in [0, 0.1) is 10.1 Å². The molecule has 0 radical (unpaired) electrons. The molecule has 0 unspecified atom stereocenters. The highest BCUT2D eigenvalue weighted by molar-refractivity contribution is 9.10. The number of likely N-dealkylation sites (tertiary alicyclic amines) is 1. The van der Waals surface area contributed by atoms with Gasteiger partial charge in [0.05, 0.1) is 9.40 Å². The Morgan fingerprint density at radius 1 is 1.15 bits per heavy atom. The van der Waals surface area contributed by atoms with E-state index in [-0.39, 0.29) is 5.69 Å². The Hall–Kier alpha value is -1.99. The summed E-state index contributed by atoms with van der Waals surface area (Å²) in [4.78, 5) is 13.4. The average molecular weight is 435 g/mol. The summed E-state index contributed by atoms with van der Waals surface area (Å²) in [6.07, 6.45) is 3.66. The molecule has 2 aromatic rings. The van der Waals surface area contributed by atoms with Crippen LogP contribution < -0.4 is 4.74 Å². The van der Waals surface area contributed by atoms with Crippen molar-refractivity contribution in [2.24, 2.45) is 0 Å². The first-order valence-corrected chi connectivity index (χ1v) is 9.69. The smallest absolute Gasteiger partial charge is 0.269 e. The Bertz CT molecular complexity index is 805. The van der Waals surface area contributed by atoms with Crippen molar-refractivity contribution in [3.05, 3.63) is 68.2 Å². The monoisotopic (exact) mass is 434 g/mol. The van der Waals surface area contributed by atoms with E-state index in [0.717, 1.165) is 33.7 Å². The van der Waals surface area contributed by atoms with Gasteiger partial charge in [0.25, 0.3) is 5.69 Å². The number of piperidine rings is 1. The Balaban J connectivity index is 1.63. The number of non-ortho nitro benzene ring substituents is 1. The van der Waals surface area contributed by atoms with E-state index >= 15 is 0 Å². The number of hydrogen-bond acceptors (Lipinski definition) is 4. The number of ether oxygens (including phenoxy) is 1. The molecule has 0 spiro atoms.